The van der Waals surface area contributed by atoms with Crippen LogP contribution in [0.3, 0.4) is 0 Å². The van der Waals surface area contributed by atoms with Crippen molar-refractivity contribution in [3.63, 3.8) is 0 Å². The van der Waals surface area contributed by atoms with Crippen LogP contribution in [0, 0.1) is 0 Å². The maximum absolute atomic E-state index is 10.8. The molecule has 1 aliphatic heterocycles. The van der Waals surface area contributed by atoms with E-state index < -0.39 is 6.10 Å². The molecule has 104 valence electrons. The Kier molecular flexibility index (Phi) is 3.75. The molecule has 2 atom stereocenters. The molecule has 1 N–H and O–H groups in total. The van der Waals surface area contributed by atoms with Crippen LogP contribution in [0.1, 0.15) is 42.1 Å². The molecule has 0 saturated heterocycles. The second kappa shape index (κ2) is 5.68. The first-order valence-electron chi connectivity index (χ1n) is 7.28. The third-order valence-electron chi connectivity index (χ3n) is 4.09. The summed E-state index contributed by atoms with van der Waals surface area (Å²) in [5, 5.41) is 10.8. The molecular formula is C18H20O2. The van der Waals surface area contributed by atoms with Gasteiger partial charge in [-0.15, -0.1) is 0 Å². The lowest BCUT2D eigenvalue weighted by Gasteiger charge is -2.29. The summed E-state index contributed by atoms with van der Waals surface area (Å²) >= 11 is 0. The van der Waals surface area contributed by atoms with Crippen LogP contribution >= 0.6 is 0 Å². The Bertz CT molecular complexity index is 591. The van der Waals surface area contributed by atoms with E-state index in [1.807, 2.05) is 30.3 Å². The van der Waals surface area contributed by atoms with Gasteiger partial charge >= 0.3 is 0 Å². The number of hydrogen-bond donors (Lipinski definition) is 1. The van der Waals surface area contributed by atoms with Crippen molar-refractivity contribution in [2.45, 2.75) is 31.8 Å². The van der Waals surface area contributed by atoms with Crippen LogP contribution in [0.4, 0.5) is 0 Å². The molecule has 0 aromatic heterocycles. The number of hydrogen-bond acceptors (Lipinski definition) is 2. The van der Waals surface area contributed by atoms with Gasteiger partial charge in [0.15, 0.2) is 0 Å². The van der Waals surface area contributed by atoms with Crippen molar-refractivity contribution in [3.8, 4) is 5.75 Å². The summed E-state index contributed by atoms with van der Waals surface area (Å²) < 4.78 is 5.67. The number of ether oxygens (including phenoxy) is 1. The van der Waals surface area contributed by atoms with Crippen molar-refractivity contribution in [3.05, 3.63) is 65.2 Å². The highest BCUT2D eigenvalue weighted by atomic mass is 16.5. The van der Waals surface area contributed by atoms with E-state index in [0.717, 1.165) is 29.7 Å². The number of rotatable bonds is 3. The van der Waals surface area contributed by atoms with Crippen LogP contribution in [-0.4, -0.2) is 11.7 Å². The minimum atomic E-state index is -0.466. The molecule has 2 aromatic rings. The largest absolute Gasteiger partial charge is 0.493 e. The molecule has 1 aliphatic rings. The molecule has 0 saturated carbocycles. The lowest BCUT2D eigenvalue weighted by atomic mass is 9.84. The monoisotopic (exact) mass is 268 g/mol. The number of benzene rings is 2. The SMILES string of the molecule is CCc1cccc(C(O)C2CCOc3ccccc32)c1. The number of aliphatic hydroxyl groups is 1. The quantitative estimate of drug-likeness (QED) is 0.916. The molecular weight excluding hydrogens is 248 g/mol. The highest BCUT2D eigenvalue weighted by Gasteiger charge is 2.28. The average Bonchev–Trinajstić information content (AvgIpc) is 2.53. The number of aliphatic hydroxyl groups excluding tert-OH is 1. The van der Waals surface area contributed by atoms with Gasteiger partial charge in [0.1, 0.15) is 5.75 Å². The molecule has 2 nitrogen and oxygen atoms in total. The summed E-state index contributed by atoms with van der Waals surface area (Å²) in [6.07, 6.45) is 1.38. The van der Waals surface area contributed by atoms with E-state index in [1.54, 1.807) is 0 Å². The molecule has 2 unspecified atom stereocenters. The second-order valence-electron chi connectivity index (χ2n) is 5.32. The maximum atomic E-state index is 10.8. The van der Waals surface area contributed by atoms with Gasteiger partial charge in [0.2, 0.25) is 0 Å². The Hall–Kier alpha value is -1.80. The van der Waals surface area contributed by atoms with Crippen molar-refractivity contribution in [1.82, 2.24) is 0 Å². The molecule has 0 bridgehead atoms. The number of aryl methyl sites for hydroxylation is 1. The van der Waals surface area contributed by atoms with E-state index in [1.165, 1.54) is 5.56 Å². The maximum Gasteiger partial charge on any atom is 0.122 e. The van der Waals surface area contributed by atoms with E-state index in [2.05, 4.69) is 25.1 Å². The fraction of sp³-hybridized carbons (Fsp3) is 0.333. The van der Waals surface area contributed by atoms with Gasteiger partial charge < -0.3 is 9.84 Å². The summed E-state index contributed by atoms with van der Waals surface area (Å²) in [7, 11) is 0. The van der Waals surface area contributed by atoms with E-state index in [9.17, 15) is 5.11 Å². The molecule has 0 spiro atoms. The highest BCUT2D eigenvalue weighted by Crippen LogP contribution is 2.41. The van der Waals surface area contributed by atoms with Crippen LogP contribution in [-0.2, 0) is 6.42 Å². The Morgan fingerprint density at radius 3 is 2.90 bits per heavy atom. The fourth-order valence-corrected chi connectivity index (χ4v) is 2.93. The third kappa shape index (κ3) is 2.44. The third-order valence-corrected chi connectivity index (χ3v) is 4.09. The zero-order valence-corrected chi connectivity index (χ0v) is 11.8. The van der Waals surface area contributed by atoms with Crippen molar-refractivity contribution < 1.29 is 9.84 Å². The second-order valence-corrected chi connectivity index (χ2v) is 5.32. The van der Waals surface area contributed by atoms with Gasteiger partial charge in [0, 0.05) is 11.5 Å². The molecule has 0 aliphatic carbocycles. The molecule has 0 fully saturated rings. The summed E-state index contributed by atoms with van der Waals surface area (Å²) in [6.45, 7) is 2.81. The van der Waals surface area contributed by atoms with Crippen LogP contribution in [0.5, 0.6) is 5.75 Å². The van der Waals surface area contributed by atoms with Crippen molar-refractivity contribution >= 4 is 0 Å². The van der Waals surface area contributed by atoms with Gasteiger partial charge in [0.05, 0.1) is 12.7 Å². The van der Waals surface area contributed by atoms with Gasteiger partial charge in [0.25, 0.3) is 0 Å². The van der Waals surface area contributed by atoms with E-state index in [-0.39, 0.29) is 5.92 Å². The normalized spacial score (nSPS) is 19.0. The van der Waals surface area contributed by atoms with Gasteiger partial charge in [-0.3, -0.25) is 0 Å². The molecule has 20 heavy (non-hydrogen) atoms. The summed E-state index contributed by atoms with van der Waals surface area (Å²) in [5.74, 6) is 1.03. The van der Waals surface area contributed by atoms with Gasteiger partial charge in [-0.2, -0.15) is 0 Å². The highest BCUT2D eigenvalue weighted by molar-refractivity contribution is 5.40. The summed E-state index contributed by atoms with van der Waals surface area (Å²) in [5.41, 5.74) is 3.39. The van der Waals surface area contributed by atoms with E-state index >= 15 is 0 Å². The van der Waals surface area contributed by atoms with E-state index in [4.69, 9.17) is 4.74 Å². The molecule has 0 radical (unpaired) electrons. The Morgan fingerprint density at radius 1 is 1.20 bits per heavy atom. The van der Waals surface area contributed by atoms with Gasteiger partial charge in [-0.05, 0) is 30.0 Å². The first-order chi connectivity index (χ1) is 9.79. The van der Waals surface area contributed by atoms with Gasteiger partial charge in [-0.25, -0.2) is 0 Å². The minimum Gasteiger partial charge on any atom is -0.493 e. The molecule has 3 rings (SSSR count). The topological polar surface area (TPSA) is 29.5 Å². The zero-order valence-electron chi connectivity index (χ0n) is 11.8. The van der Waals surface area contributed by atoms with Crippen molar-refractivity contribution in [1.29, 1.82) is 0 Å². The Morgan fingerprint density at radius 2 is 2.05 bits per heavy atom. The molecule has 1 heterocycles. The smallest absolute Gasteiger partial charge is 0.122 e. The Balaban J connectivity index is 1.93. The summed E-state index contributed by atoms with van der Waals surface area (Å²) in [4.78, 5) is 0. The minimum absolute atomic E-state index is 0.118. The number of fused-ring (bicyclic) bond motifs is 1. The predicted molar refractivity (Wildman–Crippen MR) is 80.1 cm³/mol. The fourth-order valence-electron chi connectivity index (χ4n) is 2.93. The van der Waals surface area contributed by atoms with Crippen molar-refractivity contribution in [2.75, 3.05) is 6.61 Å². The zero-order chi connectivity index (χ0) is 13.9. The first kappa shape index (κ1) is 13.2. The standard InChI is InChI=1S/C18H20O2/c1-2-13-6-5-7-14(12-13)18(19)16-10-11-20-17-9-4-3-8-15(16)17/h3-9,12,16,18-19H,2,10-11H2,1H3. The van der Waals surface area contributed by atoms with Crippen LogP contribution in [0.15, 0.2) is 48.5 Å². The van der Waals surface area contributed by atoms with Crippen LogP contribution in [0.25, 0.3) is 0 Å². The average molecular weight is 268 g/mol. The van der Waals surface area contributed by atoms with Crippen molar-refractivity contribution in [2.24, 2.45) is 0 Å². The lowest BCUT2D eigenvalue weighted by molar-refractivity contribution is 0.117. The van der Waals surface area contributed by atoms with Crippen LogP contribution < -0.4 is 4.74 Å². The summed E-state index contributed by atoms with van der Waals surface area (Å²) in [6, 6.07) is 16.3. The van der Waals surface area contributed by atoms with E-state index in [0.29, 0.717) is 6.61 Å². The number of para-hydroxylation sites is 1. The van der Waals surface area contributed by atoms with Gasteiger partial charge in [-0.1, -0.05) is 49.4 Å². The predicted octanol–water partition coefficient (Wildman–Crippen LogP) is 3.85. The first-order valence-corrected chi connectivity index (χ1v) is 7.28. The molecule has 0 amide bonds. The lowest BCUT2D eigenvalue weighted by Crippen LogP contribution is -2.20. The Labute approximate surface area is 120 Å². The molecule has 2 heteroatoms. The molecule has 2 aromatic carbocycles. The van der Waals surface area contributed by atoms with Crippen LogP contribution in [0.2, 0.25) is 0 Å².